The van der Waals surface area contributed by atoms with Gasteiger partial charge < -0.3 is 29.7 Å². The van der Waals surface area contributed by atoms with Crippen molar-refractivity contribution in [1.29, 1.82) is 0 Å². The summed E-state index contributed by atoms with van der Waals surface area (Å²) in [4.78, 5) is 26.7. The maximum absolute atomic E-state index is 8.89. The first-order valence-corrected chi connectivity index (χ1v) is 12.2. The number of hydrogen-bond acceptors (Lipinski definition) is 7. The molecular formula is C21H23O7Pb-. The number of rotatable bonds is 5. The van der Waals surface area contributed by atoms with Crippen molar-refractivity contribution >= 4 is 48.4 Å². The Hall–Kier alpha value is -2.69. The molecule has 8 heteroatoms. The van der Waals surface area contributed by atoms with E-state index in [1.165, 1.54) is 6.25 Å². The summed E-state index contributed by atoms with van der Waals surface area (Å²) in [5.41, 5.74) is 0. The van der Waals surface area contributed by atoms with Crippen molar-refractivity contribution in [2.45, 2.75) is 20.8 Å². The molecule has 0 aliphatic rings. The van der Waals surface area contributed by atoms with Crippen LogP contribution in [0.1, 0.15) is 20.8 Å². The molecule has 0 unspecified atom stereocenters. The average Bonchev–Trinajstić information content (AvgIpc) is 2.61. The second kappa shape index (κ2) is 18.7. The Morgan fingerprint density at radius 3 is 1.59 bits per heavy atom. The van der Waals surface area contributed by atoms with Crippen molar-refractivity contribution < 1.29 is 34.4 Å². The van der Waals surface area contributed by atoms with E-state index in [0.717, 1.165) is 26.5 Å². The minimum Gasteiger partial charge on any atom is -0.550 e. The SMILES string of the molecule is C=CCOc1cc[c]([Pb+2][c]2ccccc2)cc1.CC(=O)[O-].CC(=O)[O-].CC(=O)[O-]. The molecule has 0 fully saturated rings. The van der Waals surface area contributed by atoms with Gasteiger partial charge in [0.05, 0.1) is 0 Å². The maximum atomic E-state index is 8.89. The predicted octanol–water partition coefficient (Wildman–Crippen LogP) is -1.82. The topological polar surface area (TPSA) is 130 Å². The Kier molecular flexibility index (Phi) is 18.4. The predicted molar refractivity (Wildman–Crippen MR) is 106 cm³/mol. The molecule has 0 radical (unpaired) electrons. The molecule has 7 nitrogen and oxygen atoms in total. The van der Waals surface area contributed by atoms with E-state index in [4.69, 9.17) is 34.4 Å². The van der Waals surface area contributed by atoms with Crippen LogP contribution in [0.25, 0.3) is 0 Å². The van der Waals surface area contributed by atoms with Gasteiger partial charge in [0, 0.05) is 17.9 Å². The largest absolute Gasteiger partial charge is 0.550 e. The molecular weight excluding hydrogens is 571 g/mol. The van der Waals surface area contributed by atoms with Crippen molar-refractivity contribution in [1.82, 2.24) is 0 Å². The van der Waals surface area contributed by atoms with Crippen molar-refractivity contribution in [2.24, 2.45) is 0 Å². The number of carboxylic acids is 3. The van der Waals surface area contributed by atoms with Gasteiger partial charge in [-0.05, 0) is 20.8 Å². The number of ether oxygens (including phenoxy) is 1. The molecule has 154 valence electrons. The molecule has 2 aromatic carbocycles. The standard InChI is InChI=1S/C9H9O.C6H5.3C2H4O2.Pb/c1-2-8-10-9-6-4-3-5-7-9;1-2-4-6-5-3-1;3*1-2(3)4;/h2,4-7H,1,8H2;1-5H;3*1H3,(H,3,4);/q;;;;;+2/p-3. The van der Waals surface area contributed by atoms with Crippen molar-refractivity contribution in [3.05, 3.63) is 67.3 Å². The number of carbonyl (C=O) groups is 3. The van der Waals surface area contributed by atoms with Crippen LogP contribution in [0, 0.1) is 0 Å². The number of aliphatic carboxylic acids is 3. The first kappa shape index (κ1) is 28.5. The number of carboxylic acid groups (broad SMARTS) is 3. The van der Waals surface area contributed by atoms with Gasteiger partial charge >= 0.3 is 115 Å². The van der Waals surface area contributed by atoms with E-state index in [2.05, 4.69) is 61.2 Å². The summed E-state index contributed by atoms with van der Waals surface area (Å²) in [5, 5.41) is 26.7. The van der Waals surface area contributed by atoms with Gasteiger partial charge in [0.1, 0.15) is 0 Å². The van der Waals surface area contributed by atoms with E-state index < -0.39 is 42.1 Å². The number of carbonyl (C=O) groups excluding carboxylic acids is 3. The van der Waals surface area contributed by atoms with Gasteiger partial charge in [0.2, 0.25) is 0 Å². The van der Waals surface area contributed by atoms with E-state index in [0.29, 0.717) is 6.61 Å². The zero-order chi connectivity index (χ0) is 22.7. The van der Waals surface area contributed by atoms with Gasteiger partial charge in [-0.2, -0.15) is 0 Å². The van der Waals surface area contributed by atoms with Crippen LogP contribution in [0.3, 0.4) is 0 Å². The summed E-state index contributed by atoms with van der Waals surface area (Å²) < 4.78 is 8.47. The first-order chi connectivity index (χ1) is 13.6. The van der Waals surface area contributed by atoms with Gasteiger partial charge in [0.25, 0.3) is 0 Å². The Bertz CT molecular complexity index is 688. The monoisotopic (exact) mass is 595 g/mol. The fraction of sp³-hybridized carbons (Fsp3) is 0.190. The fourth-order valence-corrected chi connectivity index (χ4v) is 5.47. The quantitative estimate of drug-likeness (QED) is 0.294. The van der Waals surface area contributed by atoms with Crippen molar-refractivity contribution in [3.8, 4) is 5.75 Å². The molecule has 0 saturated carbocycles. The molecule has 29 heavy (non-hydrogen) atoms. The van der Waals surface area contributed by atoms with Crippen LogP contribution in [0.2, 0.25) is 0 Å². The molecule has 0 saturated heterocycles. The van der Waals surface area contributed by atoms with Crippen LogP contribution in [0.15, 0.2) is 67.3 Å². The minimum absolute atomic E-state index is 0.569. The Labute approximate surface area is 182 Å². The van der Waals surface area contributed by atoms with E-state index in [9.17, 15) is 0 Å². The van der Waals surface area contributed by atoms with Crippen molar-refractivity contribution in [2.75, 3.05) is 6.61 Å². The van der Waals surface area contributed by atoms with E-state index in [1.807, 2.05) is 0 Å². The van der Waals surface area contributed by atoms with Gasteiger partial charge in [-0.1, -0.05) is 0 Å². The fourth-order valence-electron chi connectivity index (χ4n) is 1.48. The molecule has 0 bridgehead atoms. The molecule has 0 aliphatic heterocycles. The van der Waals surface area contributed by atoms with Crippen LogP contribution < -0.4 is 26.3 Å². The second-order valence-electron chi connectivity index (χ2n) is 5.09. The van der Waals surface area contributed by atoms with E-state index in [1.54, 1.807) is 6.08 Å². The summed E-state index contributed by atoms with van der Waals surface area (Å²) in [7, 11) is 0. The summed E-state index contributed by atoms with van der Waals surface area (Å²) in [6, 6.07) is 19.2. The third kappa shape index (κ3) is 25.3. The molecule has 0 aliphatic carbocycles. The number of benzene rings is 2. The zero-order valence-electron chi connectivity index (χ0n) is 16.5. The Morgan fingerprint density at radius 1 is 0.828 bits per heavy atom. The zero-order valence-corrected chi connectivity index (χ0v) is 20.4. The van der Waals surface area contributed by atoms with Crippen LogP contribution in [-0.4, -0.2) is 48.8 Å². The van der Waals surface area contributed by atoms with E-state index >= 15 is 0 Å². The second-order valence-corrected chi connectivity index (χ2v) is 10.6. The summed E-state index contributed by atoms with van der Waals surface area (Å²) in [6.45, 7) is 7.12. The van der Waals surface area contributed by atoms with Gasteiger partial charge in [-0.15, -0.1) is 0 Å². The molecule has 0 spiro atoms. The summed E-state index contributed by atoms with van der Waals surface area (Å²) in [5.74, 6) is -2.33. The normalized spacial score (nSPS) is 8.10. The van der Waals surface area contributed by atoms with Crippen LogP contribution in [-0.2, 0) is 14.4 Å². The minimum atomic E-state index is -1.08. The molecule has 0 atom stereocenters. The van der Waals surface area contributed by atoms with Gasteiger partial charge in [-0.25, -0.2) is 0 Å². The average molecular weight is 595 g/mol. The van der Waals surface area contributed by atoms with E-state index in [-0.39, 0.29) is 0 Å². The number of hydrogen-bond donors (Lipinski definition) is 0. The third-order valence-electron chi connectivity index (χ3n) is 2.28. The third-order valence-corrected chi connectivity index (χ3v) is 7.12. The Balaban J connectivity index is 0. The molecule has 2 aromatic rings. The summed E-state index contributed by atoms with van der Waals surface area (Å²) >= 11 is -0.867. The maximum Gasteiger partial charge on any atom is 0.0383 e. The van der Waals surface area contributed by atoms with Crippen molar-refractivity contribution in [3.63, 3.8) is 0 Å². The molecule has 2 rings (SSSR count). The van der Waals surface area contributed by atoms with Gasteiger partial charge in [0.15, 0.2) is 0 Å². The molecule has 0 heterocycles. The molecule has 0 amide bonds. The van der Waals surface area contributed by atoms with Gasteiger partial charge in [-0.3, -0.25) is 0 Å². The van der Waals surface area contributed by atoms with Crippen LogP contribution in [0.4, 0.5) is 0 Å². The molecule has 0 N–H and O–H groups in total. The Morgan fingerprint density at radius 2 is 1.21 bits per heavy atom. The smallest absolute Gasteiger partial charge is 0.0383 e. The van der Waals surface area contributed by atoms with Crippen LogP contribution >= 0.6 is 0 Å². The molecule has 0 aromatic heterocycles. The van der Waals surface area contributed by atoms with Crippen LogP contribution in [0.5, 0.6) is 5.75 Å². The summed E-state index contributed by atoms with van der Waals surface area (Å²) in [6.07, 6.45) is 1.76. The first-order valence-electron chi connectivity index (χ1n) is 8.27.